The van der Waals surface area contributed by atoms with Crippen LogP contribution >= 0.6 is 11.3 Å². The lowest BCUT2D eigenvalue weighted by Crippen LogP contribution is -2.47. The fourth-order valence-electron chi connectivity index (χ4n) is 2.90. The molecule has 20 heavy (non-hydrogen) atoms. The Balaban J connectivity index is 1.54. The van der Waals surface area contributed by atoms with Crippen LogP contribution in [0, 0.1) is 5.92 Å². The number of hydrogen-bond donors (Lipinski definition) is 1. The van der Waals surface area contributed by atoms with Crippen LogP contribution in [0.25, 0.3) is 0 Å². The van der Waals surface area contributed by atoms with Gasteiger partial charge in [0.1, 0.15) is 0 Å². The third-order valence-electron chi connectivity index (χ3n) is 4.05. The number of nitrogens with one attached hydrogen (secondary N) is 1. The molecule has 2 aliphatic heterocycles. The number of hydrogen-bond acceptors (Lipinski definition) is 5. The fourth-order valence-corrected chi connectivity index (χ4v) is 3.58. The van der Waals surface area contributed by atoms with E-state index in [1.54, 1.807) is 11.3 Å². The molecule has 6 heteroatoms. The van der Waals surface area contributed by atoms with Crippen LogP contribution < -0.4 is 10.2 Å². The standard InChI is InChI=1S/C14H21N3O2S/c18-13(16-12-3-7-19-8-4-12)11-2-1-6-17(10-11)14-15-5-9-20-14/h5,9,11-12H,1-4,6-8,10H2,(H,16,18). The van der Waals surface area contributed by atoms with Gasteiger partial charge in [-0.25, -0.2) is 4.98 Å². The van der Waals surface area contributed by atoms with Crippen molar-refractivity contribution < 1.29 is 9.53 Å². The zero-order valence-electron chi connectivity index (χ0n) is 11.6. The van der Waals surface area contributed by atoms with Crippen molar-refractivity contribution in [3.05, 3.63) is 11.6 Å². The highest BCUT2D eigenvalue weighted by atomic mass is 32.1. The first-order chi connectivity index (χ1) is 9.83. The smallest absolute Gasteiger partial charge is 0.225 e. The lowest BCUT2D eigenvalue weighted by Gasteiger charge is -2.33. The van der Waals surface area contributed by atoms with Gasteiger partial charge in [0, 0.05) is 43.9 Å². The van der Waals surface area contributed by atoms with Gasteiger partial charge in [-0.05, 0) is 25.7 Å². The Hall–Kier alpha value is -1.14. The highest BCUT2D eigenvalue weighted by molar-refractivity contribution is 7.13. The molecule has 1 unspecified atom stereocenters. The van der Waals surface area contributed by atoms with Crippen molar-refractivity contribution in [2.75, 3.05) is 31.2 Å². The van der Waals surface area contributed by atoms with Crippen LogP contribution in [0.2, 0.25) is 0 Å². The Labute approximate surface area is 123 Å². The number of piperidine rings is 1. The summed E-state index contributed by atoms with van der Waals surface area (Å²) in [6.07, 6.45) is 5.75. The monoisotopic (exact) mass is 295 g/mol. The molecule has 2 aliphatic rings. The molecule has 0 spiro atoms. The zero-order chi connectivity index (χ0) is 13.8. The third kappa shape index (κ3) is 3.30. The number of anilines is 1. The van der Waals surface area contributed by atoms with Gasteiger partial charge in [-0.3, -0.25) is 4.79 Å². The maximum atomic E-state index is 12.4. The molecule has 3 heterocycles. The molecule has 1 aromatic heterocycles. The lowest BCUT2D eigenvalue weighted by molar-refractivity contribution is -0.126. The molecule has 5 nitrogen and oxygen atoms in total. The zero-order valence-corrected chi connectivity index (χ0v) is 12.4. The molecular weight excluding hydrogens is 274 g/mol. The first-order valence-electron chi connectivity index (χ1n) is 7.35. The lowest BCUT2D eigenvalue weighted by atomic mass is 9.96. The first kappa shape index (κ1) is 13.8. The predicted molar refractivity (Wildman–Crippen MR) is 79.0 cm³/mol. The van der Waals surface area contributed by atoms with E-state index < -0.39 is 0 Å². The fraction of sp³-hybridized carbons (Fsp3) is 0.714. The molecule has 3 rings (SSSR count). The Morgan fingerprint density at radius 3 is 3.00 bits per heavy atom. The van der Waals surface area contributed by atoms with E-state index in [0.29, 0.717) is 6.04 Å². The molecule has 1 aromatic rings. The molecule has 1 N–H and O–H groups in total. The highest BCUT2D eigenvalue weighted by Gasteiger charge is 2.28. The Morgan fingerprint density at radius 1 is 1.40 bits per heavy atom. The SMILES string of the molecule is O=C(NC1CCOCC1)C1CCCN(c2nccs2)C1. The van der Waals surface area contributed by atoms with Crippen LogP contribution in [0.4, 0.5) is 5.13 Å². The van der Waals surface area contributed by atoms with Gasteiger partial charge in [0.15, 0.2) is 5.13 Å². The van der Waals surface area contributed by atoms with Crippen LogP contribution in [0.5, 0.6) is 0 Å². The second-order valence-electron chi connectivity index (χ2n) is 5.50. The summed E-state index contributed by atoms with van der Waals surface area (Å²) in [5.41, 5.74) is 0. The van der Waals surface area contributed by atoms with Gasteiger partial charge >= 0.3 is 0 Å². The number of rotatable bonds is 3. The quantitative estimate of drug-likeness (QED) is 0.921. The molecule has 110 valence electrons. The van der Waals surface area contributed by atoms with Gasteiger partial charge in [-0.1, -0.05) is 0 Å². The molecule has 0 aromatic carbocycles. The number of carbonyl (C=O) groups is 1. The van der Waals surface area contributed by atoms with Crippen LogP contribution in [0.15, 0.2) is 11.6 Å². The minimum atomic E-state index is 0.0931. The normalized spacial score (nSPS) is 24.6. The van der Waals surface area contributed by atoms with Crippen molar-refractivity contribution in [1.82, 2.24) is 10.3 Å². The van der Waals surface area contributed by atoms with Crippen molar-refractivity contribution in [3.63, 3.8) is 0 Å². The molecule has 0 radical (unpaired) electrons. The van der Waals surface area contributed by atoms with E-state index in [1.807, 2.05) is 11.6 Å². The second-order valence-corrected chi connectivity index (χ2v) is 6.37. The molecule has 2 fully saturated rings. The minimum Gasteiger partial charge on any atom is -0.381 e. The largest absolute Gasteiger partial charge is 0.381 e. The number of aromatic nitrogens is 1. The maximum Gasteiger partial charge on any atom is 0.225 e. The number of ether oxygens (including phenoxy) is 1. The summed E-state index contributed by atoms with van der Waals surface area (Å²) in [5, 5.41) is 6.21. The summed E-state index contributed by atoms with van der Waals surface area (Å²) in [7, 11) is 0. The molecular formula is C14H21N3O2S. The molecule has 1 amide bonds. The van der Waals surface area contributed by atoms with Crippen molar-refractivity contribution in [1.29, 1.82) is 0 Å². The Bertz CT molecular complexity index is 432. The van der Waals surface area contributed by atoms with Gasteiger partial charge in [-0.2, -0.15) is 0 Å². The van der Waals surface area contributed by atoms with Gasteiger partial charge < -0.3 is 15.0 Å². The van der Waals surface area contributed by atoms with E-state index in [1.165, 1.54) is 0 Å². The summed E-state index contributed by atoms with van der Waals surface area (Å²) in [4.78, 5) is 19.0. The van der Waals surface area contributed by atoms with Crippen molar-refractivity contribution in [3.8, 4) is 0 Å². The van der Waals surface area contributed by atoms with Gasteiger partial charge in [0.2, 0.25) is 5.91 Å². The minimum absolute atomic E-state index is 0.0931. The van der Waals surface area contributed by atoms with E-state index in [9.17, 15) is 4.79 Å². The average molecular weight is 295 g/mol. The molecule has 0 bridgehead atoms. The predicted octanol–water partition coefficient (Wildman–Crippen LogP) is 1.65. The van der Waals surface area contributed by atoms with Gasteiger partial charge in [0.25, 0.3) is 0 Å². The van der Waals surface area contributed by atoms with Crippen LogP contribution in [-0.4, -0.2) is 43.2 Å². The molecule has 0 aliphatic carbocycles. The van der Waals surface area contributed by atoms with E-state index >= 15 is 0 Å². The molecule has 1 atom stereocenters. The van der Waals surface area contributed by atoms with Crippen molar-refractivity contribution >= 4 is 22.4 Å². The van der Waals surface area contributed by atoms with Crippen molar-refractivity contribution in [2.24, 2.45) is 5.92 Å². The van der Waals surface area contributed by atoms with Crippen LogP contribution in [0.3, 0.4) is 0 Å². The number of thiazole rings is 1. The van der Waals surface area contributed by atoms with E-state index in [4.69, 9.17) is 4.74 Å². The number of amides is 1. The summed E-state index contributed by atoms with van der Waals surface area (Å²) in [5.74, 6) is 0.300. The summed E-state index contributed by atoms with van der Waals surface area (Å²) < 4.78 is 5.33. The number of carbonyl (C=O) groups excluding carboxylic acids is 1. The Kier molecular flexibility index (Phi) is 4.52. The van der Waals surface area contributed by atoms with Gasteiger partial charge in [-0.15, -0.1) is 11.3 Å². The molecule has 0 saturated carbocycles. The maximum absolute atomic E-state index is 12.4. The van der Waals surface area contributed by atoms with E-state index in [-0.39, 0.29) is 11.8 Å². The van der Waals surface area contributed by atoms with E-state index in [0.717, 1.165) is 57.1 Å². The highest BCUT2D eigenvalue weighted by Crippen LogP contribution is 2.25. The third-order valence-corrected chi connectivity index (χ3v) is 4.88. The van der Waals surface area contributed by atoms with Crippen LogP contribution in [0.1, 0.15) is 25.7 Å². The molecule has 2 saturated heterocycles. The summed E-state index contributed by atoms with van der Waals surface area (Å²) >= 11 is 1.65. The summed E-state index contributed by atoms with van der Waals surface area (Å²) in [6.45, 7) is 3.33. The average Bonchev–Trinajstić information content (AvgIpc) is 3.03. The second kappa shape index (κ2) is 6.54. The van der Waals surface area contributed by atoms with Crippen molar-refractivity contribution in [2.45, 2.75) is 31.7 Å². The van der Waals surface area contributed by atoms with Gasteiger partial charge in [0.05, 0.1) is 5.92 Å². The van der Waals surface area contributed by atoms with Crippen LogP contribution in [-0.2, 0) is 9.53 Å². The Morgan fingerprint density at radius 2 is 2.25 bits per heavy atom. The van der Waals surface area contributed by atoms with E-state index in [2.05, 4.69) is 15.2 Å². The first-order valence-corrected chi connectivity index (χ1v) is 8.23. The topological polar surface area (TPSA) is 54.5 Å². The summed E-state index contributed by atoms with van der Waals surface area (Å²) in [6, 6.07) is 0.298. The number of nitrogens with zero attached hydrogens (tertiary/aromatic N) is 2.